The molecule has 2 heterocycles. The van der Waals surface area contributed by atoms with Crippen molar-refractivity contribution in [3.63, 3.8) is 0 Å². The Balaban J connectivity index is 1.35. The summed E-state index contributed by atoms with van der Waals surface area (Å²) >= 11 is 0. The van der Waals surface area contributed by atoms with Gasteiger partial charge in [-0.1, -0.05) is 61.5 Å². The number of hydrogen-bond donors (Lipinski definition) is 3. The zero-order chi connectivity index (χ0) is 26.5. The van der Waals surface area contributed by atoms with E-state index in [1.54, 1.807) is 12.1 Å². The zero-order valence-corrected chi connectivity index (χ0v) is 21.7. The van der Waals surface area contributed by atoms with E-state index >= 15 is 0 Å². The fourth-order valence-corrected chi connectivity index (χ4v) is 5.42. The van der Waals surface area contributed by atoms with E-state index in [0.29, 0.717) is 11.3 Å². The molecule has 0 aromatic heterocycles. The van der Waals surface area contributed by atoms with Crippen LogP contribution < -0.4 is 5.32 Å². The average molecular weight is 517 g/mol. The predicted molar refractivity (Wildman–Crippen MR) is 145 cm³/mol. The number of carbonyl (C=O) groups excluding carboxylic acids is 1. The van der Waals surface area contributed by atoms with E-state index in [0.717, 1.165) is 42.6 Å². The van der Waals surface area contributed by atoms with Crippen LogP contribution in [0.15, 0.2) is 78.9 Å². The fraction of sp³-hybridized carbons (Fsp3) is 0.387. The summed E-state index contributed by atoms with van der Waals surface area (Å²) in [6.07, 6.45) is 1.21. The highest BCUT2D eigenvalue weighted by Gasteiger charge is 2.40. The van der Waals surface area contributed by atoms with Gasteiger partial charge in [-0.2, -0.15) is 0 Å². The third kappa shape index (κ3) is 5.98. The molecule has 7 heteroatoms. The molecule has 3 aromatic carbocycles. The molecule has 0 spiro atoms. The lowest BCUT2D eigenvalue weighted by molar-refractivity contribution is -0.276. The Morgan fingerprint density at radius 3 is 2.34 bits per heavy atom. The van der Waals surface area contributed by atoms with E-state index in [-0.39, 0.29) is 43.3 Å². The largest absolute Gasteiger partial charge is 0.395 e. The van der Waals surface area contributed by atoms with Crippen molar-refractivity contribution in [1.29, 1.82) is 0 Å². The summed E-state index contributed by atoms with van der Waals surface area (Å²) in [6, 6.07) is 24.8. The molecule has 2 fully saturated rings. The molecule has 5 atom stereocenters. The predicted octanol–water partition coefficient (Wildman–Crippen LogP) is 4.68. The number of likely N-dealkylation sites (tertiary alicyclic amines) is 1. The van der Waals surface area contributed by atoms with Gasteiger partial charge < -0.3 is 25.0 Å². The number of amides is 1. The maximum atomic E-state index is 12.5. The summed E-state index contributed by atoms with van der Waals surface area (Å²) in [7, 11) is 0. The van der Waals surface area contributed by atoms with Crippen LogP contribution in [0.25, 0.3) is 0 Å². The molecular weight excluding hydrogens is 480 g/mol. The van der Waals surface area contributed by atoms with Crippen molar-refractivity contribution in [1.82, 2.24) is 4.90 Å². The number of aliphatic hydroxyl groups is 2. The van der Waals surface area contributed by atoms with Gasteiger partial charge in [-0.05, 0) is 54.8 Å². The van der Waals surface area contributed by atoms with Crippen LogP contribution >= 0.6 is 0 Å². The van der Waals surface area contributed by atoms with E-state index in [2.05, 4.69) is 17.1 Å². The Kier molecular flexibility index (Phi) is 8.51. The minimum absolute atomic E-state index is 0.000383. The number of ether oxygens (including phenoxy) is 2. The van der Waals surface area contributed by atoms with Gasteiger partial charge in [-0.25, -0.2) is 0 Å². The monoisotopic (exact) mass is 516 g/mol. The highest BCUT2D eigenvalue weighted by Crippen LogP contribution is 2.42. The lowest BCUT2D eigenvalue weighted by Gasteiger charge is -2.43. The van der Waals surface area contributed by atoms with Gasteiger partial charge in [-0.15, -0.1) is 0 Å². The van der Waals surface area contributed by atoms with E-state index < -0.39 is 6.29 Å². The molecule has 0 aliphatic carbocycles. The van der Waals surface area contributed by atoms with Crippen molar-refractivity contribution in [2.24, 2.45) is 5.92 Å². The first kappa shape index (κ1) is 26.5. The summed E-state index contributed by atoms with van der Waals surface area (Å²) in [4.78, 5) is 14.9. The van der Waals surface area contributed by atoms with Crippen LogP contribution in [0, 0.1) is 5.92 Å². The van der Waals surface area contributed by atoms with Gasteiger partial charge in [0, 0.05) is 35.3 Å². The minimum atomic E-state index is -0.576. The third-order valence-electron chi connectivity index (χ3n) is 7.72. The van der Waals surface area contributed by atoms with Crippen molar-refractivity contribution < 1.29 is 24.5 Å². The quantitative estimate of drug-likeness (QED) is 0.403. The van der Waals surface area contributed by atoms with E-state index in [9.17, 15) is 15.0 Å². The second-order valence-electron chi connectivity index (χ2n) is 10.2. The molecule has 2 saturated heterocycles. The molecule has 0 unspecified atom stereocenters. The number of hydrogen-bond acceptors (Lipinski definition) is 6. The Labute approximate surface area is 224 Å². The van der Waals surface area contributed by atoms with Gasteiger partial charge in [0.2, 0.25) is 0 Å². The molecule has 200 valence electrons. The number of anilines is 1. The number of rotatable bonds is 8. The number of nitrogens with zero attached hydrogens (tertiary/aromatic N) is 1. The van der Waals surface area contributed by atoms with Crippen molar-refractivity contribution >= 4 is 11.6 Å². The van der Waals surface area contributed by atoms with E-state index in [1.165, 1.54) is 0 Å². The Morgan fingerprint density at radius 1 is 0.947 bits per heavy atom. The average Bonchev–Trinajstić information content (AvgIpc) is 3.42. The van der Waals surface area contributed by atoms with E-state index in [4.69, 9.17) is 9.47 Å². The van der Waals surface area contributed by atoms with Crippen molar-refractivity contribution in [3.8, 4) is 0 Å². The Morgan fingerprint density at radius 2 is 1.66 bits per heavy atom. The first-order chi connectivity index (χ1) is 18.6. The van der Waals surface area contributed by atoms with Crippen LogP contribution in [0.2, 0.25) is 0 Å². The molecule has 0 saturated carbocycles. The van der Waals surface area contributed by atoms with Crippen molar-refractivity contribution in [2.75, 3.05) is 25.0 Å². The van der Waals surface area contributed by atoms with Crippen LogP contribution in [-0.2, 0) is 16.1 Å². The first-order valence-electron chi connectivity index (χ1n) is 13.4. The molecule has 0 bridgehead atoms. The standard InChI is InChI=1S/C31H36N2O5/c1-21-28(18-33-17-5-8-27(33)20-35)37-31(38-29(21)23-11-9-22(19-34)10-12-23)25-13-15-26(16-14-25)32-30(36)24-6-3-2-4-7-24/h2-4,6-7,9-16,21,27-29,31,34-35H,5,8,17-20H2,1H3,(H,32,36)/t21-,27-,28+,29+,31+/m0/s1. The van der Waals surface area contributed by atoms with Crippen LogP contribution in [0.1, 0.15) is 59.2 Å². The van der Waals surface area contributed by atoms with Crippen LogP contribution in [-0.4, -0.2) is 52.9 Å². The van der Waals surface area contributed by atoms with Gasteiger partial charge >= 0.3 is 0 Å². The molecule has 7 nitrogen and oxygen atoms in total. The van der Waals surface area contributed by atoms with Crippen molar-refractivity contribution in [2.45, 2.75) is 50.9 Å². The zero-order valence-electron chi connectivity index (χ0n) is 21.7. The summed E-state index contributed by atoms with van der Waals surface area (Å²) < 4.78 is 13.1. The summed E-state index contributed by atoms with van der Waals surface area (Å²) in [5.41, 5.74) is 4.07. The normalized spacial score (nSPS) is 25.8. The Hall–Kier alpha value is -3.07. The van der Waals surface area contributed by atoms with Crippen LogP contribution in [0.4, 0.5) is 5.69 Å². The molecular formula is C31H36N2O5. The maximum absolute atomic E-state index is 12.5. The summed E-state index contributed by atoms with van der Waals surface area (Å²) in [5.74, 6) is -0.0801. The maximum Gasteiger partial charge on any atom is 0.255 e. The second-order valence-corrected chi connectivity index (χ2v) is 10.2. The number of aliphatic hydroxyl groups excluding tert-OH is 2. The molecule has 0 radical (unpaired) electrons. The summed E-state index contributed by atoms with van der Waals surface area (Å²) in [6.45, 7) is 3.99. The van der Waals surface area contributed by atoms with Gasteiger partial charge in [0.1, 0.15) is 0 Å². The SMILES string of the molecule is C[C@H]1[C@@H](CN2CCC[C@H]2CO)O[C@@H](c2ccc(NC(=O)c3ccccc3)cc2)O[C@H]1c1ccc(CO)cc1. The van der Waals surface area contributed by atoms with Gasteiger partial charge in [0.15, 0.2) is 6.29 Å². The minimum Gasteiger partial charge on any atom is -0.395 e. The highest BCUT2D eigenvalue weighted by molar-refractivity contribution is 6.04. The molecule has 5 rings (SSSR count). The lowest BCUT2D eigenvalue weighted by atomic mass is 9.90. The Bertz CT molecular complexity index is 1190. The lowest BCUT2D eigenvalue weighted by Crippen LogP contribution is -2.46. The first-order valence-corrected chi connectivity index (χ1v) is 13.4. The fourth-order valence-electron chi connectivity index (χ4n) is 5.42. The topological polar surface area (TPSA) is 91.3 Å². The van der Waals surface area contributed by atoms with Crippen molar-refractivity contribution in [3.05, 3.63) is 101 Å². The molecule has 3 N–H and O–H groups in total. The number of carbonyl (C=O) groups is 1. The van der Waals surface area contributed by atoms with Gasteiger partial charge in [-0.3, -0.25) is 9.69 Å². The van der Waals surface area contributed by atoms with E-state index in [1.807, 2.05) is 66.7 Å². The summed E-state index contributed by atoms with van der Waals surface area (Å²) in [5, 5.41) is 22.3. The number of nitrogens with one attached hydrogen (secondary N) is 1. The molecule has 2 aliphatic heterocycles. The molecule has 38 heavy (non-hydrogen) atoms. The number of benzene rings is 3. The van der Waals surface area contributed by atoms with Crippen LogP contribution in [0.5, 0.6) is 0 Å². The highest BCUT2D eigenvalue weighted by atomic mass is 16.7. The van der Waals surface area contributed by atoms with Gasteiger partial charge in [0.25, 0.3) is 5.91 Å². The molecule has 3 aromatic rings. The van der Waals surface area contributed by atoms with Gasteiger partial charge in [0.05, 0.1) is 25.4 Å². The molecule has 1 amide bonds. The molecule has 2 aliphatic rings. The smallest absolute Gasteiger partial charge is 0.255 e. The van der Waals surface area contributed by atoms with Crippen LogP contribution in [0.3, 0.4) is 0 Å². The second kappa shape index (κ2) is 12.2. The third-order valence-corrected chi connectivity index (χ3v) is 7.72.